The third-order valence-corrected chi connectivity index (χ3v) is 6.04. The van der Waals surface area contributed by atoms with Crippen molar-refractivity contribution in [1.29, 1.82) is 0 Å². The van der Waals surface area contributed by atoms with Gasteiger partial charge in [0.2, 0.25) is 0 Å². The van der Waals surface area contributed by atoms with E-state index in [4.69, 9.17) is 11.6 Å². The lowest BCUT2D eigenvalue weighted by Gasteiger charge is -2.39. The first-order valence-corrected chi connectivity index (χ1v) is 9.86. The van der Waals surface area contributed by atoms with Gasteiger partial charge in [-0.2, -0.15) is 0 Å². The number of halogens is 1. The van der Waals surface area contributed by atoms with E-state index in [0.29, 0.717) is 5.65 Å². The molecular weight excluding hydrogens is 370 g/mol. The Hall–Kier alpha value is -2.76. The van der Waals surface area contributed by atoms with Crippen molar-refractivity contribution in [3.05, 3.63) is 77.3 Å². The van der Waals surface area contributed by atoms with Crippen LogP contribution < -0.4 is 5.32 Å². The molecule has 140 valence electrons. The van der Waals surface area contributed by atoms with Crippen LogP contribution in [0.25, 0.3) is 22.4 Å². The fourth-order valence-electron chi connectivity index (χ4n) is 4.30. The van der Waals surface area contributed by atoms with Crippen LogP contribution >= 0.6 is 11.6 Å². The Kier molecular flexibility index (Phi) is 4.34. The summed E-state index contributed by atoms with van der Waals surface area (Å²) in [5, 5.41) is 4.26. The summed E-state index contributed by atoms with van der Waals surface area (Å²) < 4.78 is 0. The number of hydrogen-bond acceptors (Lipinski definition) is 4. The van der Waals surface area contributed by atoms with Crippen molar-refractivity contribution in [2.75, 3.05) is 13.1 Å². The Morgan fingerprint density at radius 1 is 0.821 bits per heavy atom. The van der Waals surface area contributed by atoms with E-state index in [2.05, 4.69) is 61.7 Å². The maximum absolute atomic E-state index is 6.14. The Bertz CT molecular complexity index is 1100. The summed E-state index contributed by atoms with van der Waals surface area (Å²) in [5.41, 5.74) is 6.14. The van der Waals surface area contributed by atoms with Gasteiger partial charge in [0.25, 0.3) is 0 Å². The first-order valence-electron chi connectivity index (χ1n) is 9.48. The van der Waals surface area contributed by atoms with E-state index in [1.807, 2.05) is 12.1 Å². The van der Waals surface area contributed by atoms with E-state index in [9.17, 15) is 0 Å². The number of aromatic amines is 1. The molecule has 0 radical (unpaired) electrons. The fraction of sp³-hybridized carbons (Fsp3) is 0.227. The van der Waals surface area contributed by atoms with Gasteiger partial charge in [-0.15, -0.1) is 0 Å². The number of rotatable bonds is 3. The molecule has 0 spiro atoms. The smallest absolute Gasteiger partial charge is 0.181 e. The molecule has 1 aliphatic heterocycles. The highest BCUT2D eigenvalue weighted by molar-refractivity contribution is 6.30. The van der Waals surface area contributed by atoms with Crippen LogP contribution in [-0.4, -0.2) is 33.0 Å². The van der Waals surface area contributed by atoms with Gasteiger partial charge in [0.15, 0.2) is 5.65 Å². The number of fused-ring (bicyclic) bond motifs is 1. The Balaban J connectivity index is 1.57. The zero-order valence-electron chi connectivity index (χ0n) is 15.3. The molecule has 0 unspecified atom stereocenters. The third kappa shape index (κ3) is 2.87. The topological polar surface area (TPSA) is 66.5 Å². The average Bonchev–Trinajstić information content (AvgIpc) is 3.24. The lowest BCUT2D eigenvalue weighted by atomic mass is 9.68. The zero-order valence-corrected chi connectivity index (χ0v) is 16.1. The number of piperidine rings is 1. The second-order valence-electron chi connectivity index (χ2n) is 7.24. The maximum atomic E-state index is 6.14. The highest BCUT2D eigenvalue weighted by Crippen LogP contribution is 2.41. The molecule has 0 aliphatic carbocycles. The van der Waals surface area contributed by atoms with Gasteiger partial charge in [-0.3, -0.25) is 0 Å². The van der Waals surface area contributed by atoms with Crippen LogP contribution in [0.4, 0.5) is 0 Å². The van der Waals surface area contributed by atoms with Crippen molar-refractivity contribution in [1.82, 2.24) is 25.3 Å². The molecule has 1 fully saturated rings. The summed E-state index contributed by atoms with van der Waals surface area (Å²) >= 11 is 6.14. The number of imidazole rings is 1. The van der Waals surface area contributed by atoms with Crippen LogP contribution in [-0.2, 0) is 5.41 Å². The fourth-order valence-corrected chi connectivity index (χ4v) is 4.42. The van der Waals surface area contributed by atoms with Gasteiger partial charge in [0.05, 0.1) is 12.0 Å². The Morgan fingerprint density at radius 2 is 1.50 bits per heavy atom. The molecular formula is C22H20ClN5. The highest BCUT2D eigenvalue weighted by atomic mass is 35.5. The number of nitrogens with zero attached hydrogens (tertiary/aromatic N) is 3. The highest BCUT2D eigenvalue weighted by Gasteiger charge is 2.35. The number of hydrogen-bond donors (Lipinski definition) is 2. The minimum absolute atomic E-state index is 0.00332. The van der Waals surface area contributed by atoms with Crippen molar-refractivity contribution in [3.8, 4) is 11.3 Å². The van der Waals surface area contributed by atoms with Crippen LogP contribution in [0.15, 0.2) is 61.2 Å². The van der Waals surface area contributed by atoms with Crippen molar-refractivity contribution in [3.63, 3.8) is 0 Å². The number of benzene rings is 2. The van der Waals surface area contributed by atoms with Gasteiger partial charge >= 0.3 is 0 Å². The molecule has 28 heavy (non-hydrogen) atoms. The Morgan fingerprint density at radius 3 is 2.21 bits per heavy atom. The molecule has 0 amide bonds. The van der Waals surface area contributed by atoms with E-state index < -0.39 is 0 Å². The van der Waals surface area contributed by atoms with E-state index >= 15 is 0 Å². The molecule has 5 nitrogen and oxygen atoms in total. The van der Waals surface area contributed by atoms with Gasteiger partial charge in [-0.25, -0.2) is 15.0 Å². The van der Waals surface area contributed by atoms with E-state index in [1.165, 1.54) is 11.1 Å². The second kappa shape index (κ2) is 7.00. The summed E-state index contributed by atoms with van der Waals surface area (Å²) in [7, 11) is 0. The standard InChI is InChI=1S/C22H20ClN5/c23-18-7-5-17(6-8-18)22(9-11-24-12-10-22)16-3-1-15(2-4-16)19-20-21(27-13-25-19)28-14-26-20/h1-8,13-14,24H,9-12H2,(H,25,26,27,28). The summed E-state index contributed by atoms with van der Waals surface area (Å²) in [6, 6.07) is 17.1. The van der Waals surface area contributed by atoms with Gasteiger partial charge in [0.1, 0.15) is 11.8 Å². The monoisotopic (exact) mass is 389 g/mol. The lowest BCUT2D eigenvalue weighted by molar-refractivity contribution is 0.362. The van der Waals surface area contributed by atoms with Gasteiger partial charge in [-0.05, 0) is 49.2 Å². The SMILES string of the molecule is Clc1ccc(C2(c3ccc(-c4ncnc5nc[nH]c45)cc3)CCNCC2)cc1. The summed E-state index contributed by atoms with van der Waals surface area (Å²) in [5.74, 6) is 0. The molecule has 0 bridgehead atoms. The minimum Gasteiger partial charge on any atom is -0.341 e. The van der Waals surface area contributed by atoms with E-state index in [0.717, 1.165) is 47.7 Å². The molecule has 2 N–H and O–H groups in total. The second-order valence-corrected chi connectivity index (χ2v) is 7.68. The zero-order chi connectivity index (χ0) is 19.0. The number of nitrogens with one attached hydrogen (secondary N) is 2. The first kappa shape index (κ1) is 17.3. The quantitative estimate of drug-likeness (QED) is 0.547. The van der Waals surface area contributed by atoms with Crippen molar-refractivity contribution >= 4 is 22.8 Å². The Labute approximate surface area is 168 Å². The molecule has 5 rings (SSSR count). The van der Waals surface area contributed by atoms with Crippen LogP contribution in [0.5, 0.6) is 0 Å². The molecule has 2 aromatic heterocycles. The van der Waals surface area contributed by atoms with Gasteiger partial charge < -0.3 is 10.3 Å². The minimum atomic E-state index is 0.00332. The molecule has 2 aromatic carbocycles. The van der Waals surface area contributed by atoms with Crippen molar-refractivity contribution < 1.29 is 0 Å². The summed E-state index contributed by atoms with van der Waals surface area (Å²) in [4.78, 5) is 16.1. The van der Waals surface area contributed by atoms with Crippen LogP contribution in [0.1, 0.15) is 24.0 Å². The van der Waals surface area contributed by atoms with Crippen molar-refractivity contribution in [2.45, 2.75) is 18.3 Å². The number of H-pyrrole nitrogens is 1. The van der Waals surface area contributed by atoms with Gasteiger partial charge in [0, 0.05) is 16.0 Å². The average molecular weight is 390 g/mol. The molecule has 0 atom stereocenters. The maximum Gasteiger partial charge on any atom is 0.181 e. The molecule has 1 aliphatic rings. The normalized spacial score (nSPS) is 16.3. The van der Waals surface area contributed by atoms with Crippen LogP contribution in [0.3, 0.4) is 0 Å². The molecule has 0 saturated carbocycles. The molecule has 3 heterocycles. The third-order valence-electron chi connectivity index (χ3n) is 5.79. The predicted molar refractivity (Wildman–Crippen MR) is 111 cm³/mol. The summed E-state index contributed by atoms with van der Waals surface area (Å²) in [6.45, 7) is 2.01. The van der Waals surface area contributed by atoms with Gasteiger partial charge in [-0.1, -0.05) is 48.0 Å². The van der Waals surface area contributed by atoms with Crippen molar-refractivity contribution in [2.24, 2.45) is 0 Å². The molecule has 4 aromatic rings. The first-order chi connectivity index (χ1) is 13.8. The molecule has 1 saturated heterocycles. The van der Waals surface area contributed by atoms with E-state index in [-0.39, 0.29) is 5.41 Å². The van der Waals surface area contributed by atoms with Crippen LogP contribution in [0.2, 0.25) is 5.02 Å². The predicted octanol–water partition coefficient (Wildman–Crippen LogP) is 4.34. The largest absolute Gasteiger partial charge is 0.341 e. The summed E-state index contributed by atoms with van der Waals surface area (Å²) in [6.07, 6.45) is 5.34. The lowest BCUT2D eigenvalue weighted by Crippen LogP contribution is -2.40. The number of aromatic nitrogens is 4. The van der Waals surface area contributed by atoms with Crippen LogP contribution in [0, 0.1) is 0 Å². The molecule has 6 heteroatoms. The van der Waals surface area contributed by atoms with E-state index in [1.54, 1.807) is 12.7 Å².